The van der Waals surface area contributed by atoms with Crippen LogP contribution in [-0.2, 0) is 10.8 Å². The molecule has 0 N–H and O–H groups in total. The first-order valence-electron chi connectivity index (χ1n) is 35.2. The Bertz CT molecular complexity index is 5140. The quantitative estimate of drug-likeness (QED) is 0.151. The Kier molecular flexibility index (Phi) is 5.85. The predicted molar refractivity (Wildman–Crippen MR) is 311 cm³/mol. The molecule has 0 aliphatic rings. The van der Waals surface area contributed by atoms with Crippen LogP contribution in [0, 0.1) is 0 Å². The highest BCUT2D eigenvalue weighted by Gasteiger charge is 2.29. The Morgan fingerprint density at radius 2 is 0.750 bits per heavy atom. The van der Waals surface area contributed by atoms with Crippen LogP contribution in [0.15, 0.2) is 181 Å². The van der Waals surface area contributed by atoms with Gasteiger partial charge in [-0.05, 0) is 142 Å². The molecule has 0 unspecified atom stereocenters. The van der Waals surface area contributed by atoms with E-state index in [1.54, 1.807) is 90.1 Å². The van der Waals surface area contributed by atoms with Gasteiger partial charge in [-0.2, -0.15) is 0 Å². The van der Waals surface area contributed by atoms with Crippen molar-refractivity contribution in [3.05, 3.63) is 204 Å². The van der Waals surface area contributed by atoms with Crippen LogP contribution in [0.25, 0.3) is 76.2 Å². The fraction of sp³-hybridized carbons (Fsp3) is 0.206. The Morgan fingerprint density at radius 3 is 1.10 bits per heavy atom. The summed E-state index contributed by atoms with van der Waals surface area (Å²) in [5.74, 6) is 0.0120. The molecule has 0 aliphatic carbocycles. The van der Waals surface area contributed by atoms with Crippen molar-refractivity contribution in [2.45, 2.75) is 91.9 Å². The summed E-state index contributed by atoms with van der Waals surface area (Å²) in [6.45, 7) is 18.4. The van der Waals surface area contributed by atoms with Gasteiger partial charge in [0.25, 0.3) is 0 Å². The lowest BCUT2D eigenvalue weighted by Gasteiger charge is -2.27. The van der Waals surface area contributed by atoms with Gasteiger partial charge in [-0.3, -0.25) is 0 Å². The third kappa shape index (κ3) is 6.57. The van der Waals surface area contributed by atoms with E-state index in [4.69, 9.17) is 8.22 Å². The number of nitrogens with zero attached hydrogens (tertiary/aromatic N) is 4. The number of para-hydroxylation sites is 2. The Hall–Kier alpha value is -7.82. The minimum absolute atomic E-state index is 0.00601. The van der Waals surface area contributed by atoms with Gasteiger partial charge in [0, 0.05) is 65.8 Å². The zero-order valence-corrected chi connectivity index (χ0v) is 41.6. The van der Waals surface area contributed by atoms with E-state index in [9.17, 15) is 21.9 Å². The smallest absolute Gasteiger partial charge is 0.0653 e. The van der Waals surface area contributed by atoms with Crippen molar-refractivity contribution in [3.63, 3.8) is 0 Å². The van der Waals surface area contributed by atoms with Crippen LogP contribution in [0.4, 0.5) is 34.1 Å². The maximum absolute atomic E-state index is 10.8. The molecule has 0 fully saturated rings. The van der Waals surface area contributed by atoms with Gasteiger partial charge in [-0.1, -0.05) is 154 Å². The summed E-state index contributed by atoms with van der Waals surface area (Å²) in [7, 11) is 0. The molecule has 9 aromatic carbocycles. The molecule has 13 aromatic rings. The first-order valence-corrected chi connectivity index (χ1v) is 24.2. The highest BCUT2D eigenvalue weighted by molar-refractivity contribution is 6.32. The zero-order valence-electron chi connectivity index (χ0n) is 63.6. The van der Waals surface area contributed by atoms with Crippen molar-refractivity contribution in [2.75, 3.05) is 9.80 Å². The van der Waals surface area contributed by atoms with E-state index in [0.717, 1.165) is 11.1 Å². The molecule has 0 spiro atoms. The third-order valence-electron chi connectivity index (χ3n) is 13.9. The number of rotatable bonds is 8. The van der Waals surface area contributed by atoms with Gasteiger partial charge in [0.05, 0.1) is 74.6 Å². The van der Waals surface area contributed by atoms with Crippen LogP contribution in [0.1, 0.15) is 133 Å². The van der Waals surface area contributed by atoms with Crippen molar-refractivity contribution in [3.8, 4) is 0 Å². The van der Waals surface area contributed by atoms with E-state index in [2.05, 4.69) is 0 Å². The zero-order chi connectivity index (χ0) is 68.7. The summed E-state index contributed by atoms with van der Waals surface area (Å²) in [6, 6.07) is 0.936. The van der Waals surface area contributed by atoms with Crippen LogP contribution < -0.4 is 9.80 Å². The van der Waals surface area contributed by atoms with Crippen molar-refractivity contribution >= 4 is 110 Å². The van der Waals surface area contributed by atoms with Gasteiger partial charge in [0.1, 0.15) is 0 Å². The molecule has 0 saturated heterocycles. The minimum Gasteiger partial charge on any atom is -0.310 e. The van der Waals surface area contributed by atoms with E-state index in [0.29, 0.717) is 0 Å². The molecule has 0 radical (unpaired) electrons. The standard InChI is InChI=1S/C68H62N4/c1-41(2)43-21-27-49(28-22-43)69(47-17-13-11-14-18-47)59-35-31-51-53-39-62-54(40-61(53)71-57-33-25-45(67(5,6)7)37-55(57)63(59)65(51)71)52-32-36-60(64-56-38-46(68(8,9)10)26-34-58(56)72(62)66(52)64)70(48-19-15-12-16-20-48)50-29-23-44(24-30-50)42(3)4/h11-42H,1-10H3/i11D,12D,13D,14D,15D,16D,17D,18D,19D,20D,25D,26D,31D,32D,33D,34D,35D,36D,37D,38D,39D,40D. The van der Waals surface area contributed by atoms with Gasteiger partial charge in [-0.15, -0.1) is 0 Å². The van der Waals surface area contributed by atoms with E-state index in [-0.39, 0.29) is 146 Å². The number of hydrogen-bond donors (Lipinski definition) is 0. The highest BCUT2D eigenvalue weighted by atomic mass is 15.2. The number of benzene rings is 9. The molecule has 4 heterocycles. The first-order chi connectivity index (χ1) is 43.9. The first kappa shape index (κ1) is 26.6. The second-order valence-corrected chi connectivity index (χ2v) is 21.3. The Morgan fingerprint density at radius 1 is 0.375 bits per heavy atom. The van der Waals surface area contributed by atoms with E-state index in [1.807, 2.05) is 27.7 Å². The Labute approximate surface area is 453 Å². The number of aromatic nitrogens is 2. The molecule has 4 nitrogen and oxygen atoms in total. The molecule has 0 bridgehead atoms. The molecular formula is C68H62N4. The van der Waals surface area contributed by atoms with Crippen LogP contribution in [0.2, 0.25) is 0 Å². The average Bonchev–Trinajstić information content (AvgIpc) is 1.48. The Balaban J connectivity index is 1.32. The second-order valence-electron chi connectivity index (χ2n) is 21.3. The SMILES string of the molecule is [2H]c1c([2H])c([2H])c(N(c2ccc(C(C)C)cc2)c2c([2H])c([2H])c3c4c([2H])c5c(c([2H])c4n4c6c([2H])c([2H])c(C(C)(C)C)c([2H])c6c2c34)c2c([2H])c([2H])c(N(c3ccc(C(C)C)cc3)c3c([2H])c([2H])c([2H])c([2H])c3[2H])c3c4c([2H])c(C(C)(C)C)c([2H])c([2H])c4n5c23)c([2H])c1[2H]. The van der Waals surface area contributed by atoms with Crippen LogP contribution in [-0.4, -0.2) is 8.80 Å². The highest BCUT2D eigenvalue weighted by Crippen LogP contribution is 2.52. The average molecular weight is 957 g/mol. The normalized spacial score (nSPS) is 17.1. The largest absolute Gasteiger partial charge is 0.310 e. The molecule has 72 heavy (non-hydrogen) atoms. The van der Waals surface area contributed by atoms with Crippen molar-refractivity contribution in [2.24, 2.45) is 0 Å². The lowest BCUT2D eigenvalue weighted by molar-refractivity contribution is 0.591. The van der Waals surface area contributed by atoms with Crippen LogP contribution in [0.3, 0.4) is 0 Å². The predicted octanol–water partition coefficient (Wildman–Crippen LogP) is 19.8. The number of fused-ring (bicyclic) bond motifs is 12. The summed E-state index contributed by atoms with van der Waals surface area (Å²) in [5, 5.41) is -0.977. The van der Waals surface area contributed by atoms with E-state index in [1.165, 1.54) is 18.6 Å². The van der Waals surface area contributed by atoms with Gasteiger partial charge in [0.2, 0.25) is 0 Å². The van der Waals surface area contributed by atoms with Crippen molar-refractivity contribution < 1.29 is 30.2 Å². The monoisotopic (exact) mass is 957 g/mol. The lowest BCUT2D eigenvalue weighted by atomic mass is 9.86. The minimum atomic E-state index is -1.00. The summed E-state index contributed by atoms with van der Waals surface area (Å²) >= 11 is 0. The summed E-state index contributed by atoms with van der Waals surface area (Å²) in [6.07, 6.45) is 0. The third-order valence-corrected chi connectivity index (χ3v) is 13.9. The maximum atomic E-state index is 10.8. The molecule has 4 aromatic heterocycles. The van der Waals surface area contributed by atoms with Gasteiger partial charge in [0.15, 0.2) is 0 Å². The molecule has 4 heteroatoms. The lowest BCUT2D eigenvalue weighted by Crippen LogP contribution is -2.11. The van der Waals surface area contributed by atoms with Gasteiger partial charge >= 0.3 is 0 Å². The van der Waals surface area contributed by atoms with Crippen molar-refractivity contribution in [1.82, 2.24) is 8.80 Å². The molecule has 0 atom stereocenters. The molecular weight excluding hydrogens is 873 g/mol. The molecule has 0 aliphatic heterocycles. The second kappa shape index (κ2) is 15.8. The number of anilines is 6. The number of hydrogen-bond acceptors (Lipinski definition) is 2. The molecule has 354 valence electrons. The van der Waals surface area contributed by atoms with Crippen molar-refractivity contribution in [1.29, 1.82) is 0 Å². The fourth-order valence-corrected chi connectivity index (χ4v) is 10.1. The molecule has 13 rings (SSSR count). The van der Waals surface area contributed by atoms with Crippen LogP contribution >= 0.6 is 0 Å². The van der Waals surface area contributed by atoms with Crippen LogP contribution in [0.5, 0.6) is 0 Å². The van der Waals surface area contributed by atoms with E-state index >= 15 is 0 Å². The molecule has 0 saturated carbocycles. The van der Waals surface area contributed by atoms with Gasteiger partial charge in [-0.25, -0.2) is 0 Å². The summed E-state index contributed by atoms with van der Waals surface area (Å²) < 4.78 is 217. The topological polar surface area (TPSA) is 15.3 Å². The summed E-state index contributed by atoms with van der Waals surface area (Å²) in [4.78, 5) is 2.55. The van der Waals surface area contributed by atoms with E-state index < -0.39 is 131 Å². The fourth-order valence-electron chi connectivity index (χ4n) is 10.1. The molecule has 0 amide bonds. The van der Waals surface area contributed by atoms with Gasteiger partial charge < -0.3 is 18.6 Å². The summed E-state index contributed by atoms with van der Waals surface area (Å²) in [5.41, 5.74) is -1.99. The maximum Gasteiger partial charge on any atom is 0.0653 e.